The van der Waals surface area contributed by atoms with Crippen molar-refractivity contribution < 1.29 is 9.90 Å². The van der Waals surface area contributed by atoms with Crippen molar-refractivity contribution in [3.63, 3.8) is 0 Å². The molecule has 1 aromatic carbocycles. The molecule has 1 heterocycles. The third-order valence-corrected chi connectivity index (χ3v) is 3.85. The number of benzene rings is 1. The van der Waals surface area contributed by atoms with E-state index in [9.17, 15) is 9.90 Å². The van der Waals surface area contributed by atoms with Gasteiger partial charge >= 0.3 is 5.97 Å². The molecule has 21 heavy (non-hydrogen) atoms. The summed E-state index contributed by atoms with van der Waals surface area (Å²) >= 11 is 12.1. The highest BCUT2D eigenvalue weighted by Gasteiger charge is 2.20. The summed E-state index contributed by atoms with van der Waals surface area (Å²) in [6.07, 6.45) is 0.576. The zero-order valence-electron chi connectivity index (χ0n) is 11.7. The van der Waals surface area contributed by atoms with E-state index in [1.165, 1.54) is 0 Å². The number of hydrogen-bond acceptors (Lipinski definition) is 3. The number of carboxylic acid groups (broad SMARTS) is 1. The molecule has 0 saturated heterocycles. The summed E-state index contributed by atoms with van der Waals surface area (Å²) in [5.74, 6) is -0.788. The summed E-state index contributed by atoms with van der Waals surface area (Å²) in [7, 11) is 0. The van der Waals surface area contributed by atoms with Crippen LogP contribution in [0, 0.1) is 5.92 Å². The van der Waals surface area contributed by atoms with Gasteiger partial charge in [0.25, 0.3) is 0 Å². The lowest BCUT2D eigenvalue weighted by molar-refractivity contribution is 0.0689. The molecule has 0 amide bonds. The third-order valence-electron chi connectivity index (χ3n) is 2.99. The maximum atomic E-state index is 11.2. The summed E-state index contributed by atoms with van der Waals surface area (Å²) in [6.45, 7) is 4.35. The molecule has 0 unspecified atom stereocenters. The molecule has 0 fully saturated rings. The van der Waals surface area contributed by atoms with E-state index in [0.717, 1.165) is 5.56 Å². The van der Waals surface area contributed by atoms with E-state index >= 15 is 0 Å². The first-order chi connectivity index (χ1) is 9.90. The van der Waals surface area contributed by atoms with Crippen LogP contribution in [0.5, 0.6) is 0 Å². The van der Waals surface area contributed by atoms with Crippen LogP contribution in [0.4, 0.5) is 0 Å². The SMILES string of the molecule is CC(C)Cc1c(C(=O)O)nnn1Cc1cccc(Cl)c1Cl. The summed E-state index contributed by atoms with van der Waals surface area (Å²) < 4.78 is 1.57. The van der Waals surface area contributed by atoms with Crippen molar-refractivity contribution in [1.82, 2.24) is 15.0 Å². The fraction of sp³-hybridized carbons (Fsp3) is 0.357. The molecule has 0 atom stereocenters. The van der Waals surface area contributed by atoms with Gasteiger partial charge in [-0.25, -0.2) is 9.48 Å². The second-order valence-electron chi connectivity index (χ2n) is 5.16. The summed E-state index contributed by atoms with van der Waals surface area (Å²) in [4.78, 5) is 11.2. The largest absolute Gasteiger partial charge is 0.476 e. The van der Waals surface area contributed by atoms with Crippen LogP contribution in [0.3, 0.4) is 0 Å². The molecule has 0 aliphatic carbocycles. The second-order valence-corrected chi connectivity index (χ2v) is 5.94. The van der Waals surface area contributed by atoms with Crippen molar-refractivity contribution in [2.24, 2.45) is 5.92 Å². The molecular weight excluding hydrogens is 313 g/mol. The van der Waals surface area contributed by atoms with Crippen molar-refractivity contribution in [2.75, 3.05) is 0 Å². The van der Waals surface area contributed by atoms with Gasteiger partial charge in [0, 0.05) is 0 Å². The quantitative estimate of drug-likeness (QED) is 0.912. The van der Waals surface area contributed by atoms with E-state index in [2.05, 4.69) is 10.3 Å². The number of aromatic carboxylic acids is 1. The molecule has 2 aromatic rings. The molecule has 0 bridgehead atoms. The van der Waals surface area contributed by atoms with Gasteiger partial charge in [-0.1, -0.05) is 54.4 Å². The molecule has 2 rings (SSSR count). The smallest absolute Gasteiger partial charge is 0.358 e. The monoisotopic (exact) mass is 327 g/mol. The van der Waals surface area contributed by atoms with Crippen LogP contribution in [0.25, 0.3) is 0 Å². The Hall–Kier alpha value is -1.59. The number of rotatable bonds is 5. The van der Waals surface area contributed by atoms with Crippen molar-refractivity contribution in [3.05, 3.63) is 45.2 Å². The molecule has 5 nitrogen and oxygen atoms in total. The maximum absolute atomic E-state index is 11.2. The van der Waals surface area contributed by atoms with Gasteiger partial charge in [0.05, 0.1) is 22.3 Å². The van der Waals surface area contributed by atoms with Gasteiger partial charge in [-0.15, -0.1) is 5.10 Å². The molecule has 0 aliphatic heterocycles. The highest BCUT2D eigenvalue weighted by Crippen LogP contribution is 2.26. The van der Waals surface area contributed by atoms with Gasteiger partial charge in [-0.3, -0.25) is 0 Å². The Morgan fingerprint density at radius 2 is 2.10 bits per heavy atom. The van der Waals surface area contributed by atoms with Crippen molar-refractivity contribution >= 4 is 29.2 Å². The average molecular weight is 328 g/mol. The molecule has 0 aliphatic rings. The minimum absolute atomic E-state index is 0.0122. The molecule has 0 spiro atoms. The van der Waals surface area contributed by atoms with Crippen LogP contribution in [0.15, 0.2) is 18.2 Å². The number of carbonyl (C=O) groups is 1. The number of nitrogens with zero attached hydrogens (tertiary/aromatic N) is 3. The zero-order chi connectivity index (χ0) is 15.6. The van der Waals surface area contributed by atoms with Crippen molar-refractivity contribution in [3.8, 4) is 0 Å². The average Bonchev–Trinajstić information content (AvgIpc) is 2.77. The highest BCUT2D eigenvalue weighted by molar-refractivity contribution is 6.42. The molecule has 112 valence electrons. The van der Waals surface area contributed by atoms with Gasteiger partial charge in [0.15, 0.2) is 5.69 Å². The van der Waals surface area contributed by atoms with Gasteiger partial charge in [0.2, 0.25) is 0 Å². The fourth-order valence-corrected chi connectivity index (χ4v) is 2.43. The molecular formula is C14H15Cl2N3O2. The minimum atomic E-state index is -1.07. The number of halogens is 2. The van der Waals surface area contributed by atoms with Crippen LogP contribution >= 0.6 is 23.2 Å². The fourth-order valence-electron chi connectivity index (χ4n) is 2.05. The Kier molecular flexibility index (Phi) is 4.85. The first-order valence-corrected chi connectivity index (χ1v) is 7.24. The lowest BCUT2D eigenvalue weighted by atomic mass is 10.1. The van der Waals surface area contributed by atoms with Crippen LogP contribution < -0.4 is 0 Å². The van der Waals surface area contributed by atoms with Gasteiger partial charge < -0.3 is 5.11 Å². The van der Waals surface area contributed by atoms with Crippen LogP contribution in [-0.2, 0) is 13.0 Å². The van der Waals surface area contributed by atoms with E-state index in [1.54, 1.807) is 16.8 Å². The van der Waals surface area contributed by atoms with Crippen molar-refractivity contribution in [2.45, 2.75) is 26.8 Å². The maximum Gasteiger partial charge on any atom is 0.358 e. The lowest BCUT2D eigenvalue weighted by Gasteiger charge is -2.10. The zero-order valence-corrected chi connectivity index (χ0v) is 13.2. The molecule has 0 radical (unpaired) electrons. The van der Waals surface area contributed by atoms with Crippen LogP contribution in [0.2, 0.25) is 10.0 Å². The van der Waals surface area contributed by atoms with Gasteiger partial charge in [-0.2, -0.15) is 0 Å². The predicted molar refractivity (Wildman–Crippen MR) is 81.1 cm³/mol. The number of hydrogen-bond donors (Lipinski definition) is 1. The van der Waals surface area contributed by atoms with Gasteiger partial charge in [-0.05, 0) is 24.0 Å². The van der Waals surface area contributed by atoms with Crippen LogP contribution in [0.1, 0.15) is 35.6 Å². The van der Waals surface area contributed by atoms with Gasteiger partial charge in [0.1, 0.15) is 0 Å². The Labute approximate surface area is 132 Å². The topological polar surface area (TPSA) is 68.0 Å². The molecule has 7 heteroatoms. The molecule has 1 N–H and O–H groups in total. The summed E-state index contributed by atoms with van der Waals surface area (Å²) in [5.41, 5.74) is 1.35. The third kappa shape index (κ3) is 3.54. The van der Waals surface area contributed by atoms with E-state index in [0.29, 0.717) is 28.7 Å². The summed E-state index contributed by atoms with van der Waals surface area (Å²) in [6, 6.07) is 5.32. The Morgan fingerprint density at radius 1 is 1.38 bits per heavy atom. The Morgan fingerprint density at radius 3 is 2.71 bits per heavy atom. The van der Waals surface area contributed by atoms with E-state index < -0.39 is 5.97 Å². The second kappa shape index (κ2) is 6.45. The van der Waals surface area contributed by atoms with Crippen molar-refractivity contribution in [1.29, 1.82) is 0 Å². The molecule has 1 aromatic heterocycles. The Bertz CT molecular complexity index is 668. The first-order valence-electron chi connectivity index (χ1n) is 6.48. The summed E-state index contributed by atoms with van der Waals surface area (Å²) in [5, 5.41) is 17.8. The van der Waals surface area contributed by atoms with E-state index in [-0.39, 0.29) is 11.6 Å². The normalized spacial score (nSPS) is 11.1. The standard InChI is InChI=1S/C14H15Cl2N3O2/c1-8(2)6-11-13(14(20)21)17-18-19(11)7-9-4-3-5-10(15)12(9)16/h3-5,8H,6-7H2,1-2H3,(H,20,21). The van der Waals surface area contributed by atoms with E-state index in [4.69, 9.17) is 23.2 Å². The predicted octanol–water partition coefficient (Wildman–Crippen LogP) is 3.53. The highest BCUT2D eigenvalue weighted by atomic mass is 35.5. The minimum Gasteiger partial charge on any atom is -0.476 e. The first kappa shape index (κ1) is 15.8. The molecule has 0 saturated carbocycles. The number of carboxylic acids is 1. The number of aromatic nitrogens is 3. The Balaban J connectivity index is 2.40. The lowest BCUT2D eigenvalue weighted by Crippen LogP contribution is -2.12. The van der Waals surface area contributed by atoms with Crippen LogP contribution in [-0.4, -0.2) is 26.1 Å². The van der Waals surface area contributed by atoms with E-state index in [1.807, 2.05) is 19.9 Å².